The highest BCUT2D eigenvalue weighted by Crippen LogP contribution is 2.26. The molecule has 0 aliphatic carbocycles. The number of benzene rings is 2. The topological polar surface area (TPSA) is 117 Å². The van der Waals surface area contributed by atoms with Gasteiger partial charge in [0.15, 0.2) is 11.5 Å². The van der Waals surface area contributed by atoms with Crippen LogP contribution in [0.2, 0.25) is 0 Å². The van der Waals surface area contributed by atoms with Gasteiger partial charge in [0.1, 0.15) is 17.3 Å². The zero-order chi connectivity index (χ0) is 25.6. The molecule has 10 heteroatoms. The molecule has 34 heavy (non-hydrogen) atoms. The minimum atomic E-state index is -3.95. The third-order valence-corrected chi connectivity index (χ3v) is 5.43. The van der Waals surface area contributed by atoms with E-state index < -0.39 is 16.1 Å². The third kappa shape index (κ3) is 8.84. The van der Waals surface area contributed by atoms with Crippen LogP contribution in [0.1, 0.15) is 19.4 Å². The lowest BCUT2D eigenvalue weighted by Crippen LogP contribution is -2.36. The molecule has 186 valence electrons. The Kier molecular flexibility index (Phi) is 12.3. The van der Waals surface area contributed by atoms with Crippen molar-refractivity contribution in [2.45, 2.75) is 25.2 Å². The molecule has 0 fully saturated rings. The van der Waals surface area contributed by atoms with Crippen molar-refractivity contribution in [1.29, 1.82) is 0 Å². The van der Waals surface area contributed by atoms with Gasteiger partial charge in [0.05, 0.1) is 26.9 Å². The van der Waals surface area contributed by atoms with Crippen molar-refractivity contribution in [2.24, 2.45) is 5.14 Å². The number of primary sulfonamides is 1. The summed E-state index contributed by atoms with van der Waals surface area (Å²) >= 11 is 0. The van der Waals surface area contributed by atoms with Crippen LogP contribution in [-0.4, -0.2) is 59.4 Å². The van der Waals surface area contributed by atoms with Crippen LogP contribution in [0.5, 0.6) is 17.2 Å². The third-order valence-electron chi connectivity index (χ3n) is 4.50. The second kappa shape index (κ2) is 14.7. The number of ether oxygens (including phenoxy) is 4. The van der Waals surface area contributed by atoms with Crippen LogP contribution in [0.25, 0.3) is 0 Å². The summed E-state index contributed by atoms with van der Waals surface area (Å²) in [7, 11) is -2.58. The van der Waals surface area contributed by atoms with Gasteiger partial charge in [-0.25, -0.2) is 18.4 Å². The molecule has 0 aliphatic rings. The van der Waals surface area contributed by atoms with Crippen molar-refractivity contribution in [3.8, 4) is 30.1 Å². The molecule has 0 saturated carbocycles. The monoisotopic (exact) mass is 492 g/mol. The summed E-state index contributed by atoms with van der Waals surface area (Å²) in [6, 6.07) is 12.0. The van der Waals surface area contributed by atoms with Gasteiger partial charge in [-0.2, -0.15) is 0 Å². The van der Waals surface area contributed by atoms with Gasteiger partial charge < -0.3 is 23.8 Å². The molecule has 0 bridgehead atoms. The second-order valence-corrected chi connectivity index (χ2v) is 8.22. The number of nitrogens with two attached hydrogens (primary N) is 1. The fourth-order valence-corrected chi connectivity index (χ4v) is 3.73. The van der Waals surface area contributed by atoms with Gasteiger partial charge in [0, 0.05) is 6.54 Å². The number of methoxy groups -OCH3 is 1. The molecule has 0 heterocycles. The number of para-hydroxylation sites is 2. The summed E-state index contributed by atoms with van der Waals surface area (Å²) in [5.41, 5.74) is 0.687. The zero-order valence-electron chi connectivity index (χ0n) is 19.7. The Hall–Kier alpha value is -3.42. The maximum atomic E-state index is 12.4. The Balaban J connectivity index is 0.00000281. The van der Waals surface area contributed by atoms with Crippen LogP contribution >= 0.6 is 0 Å². The van der Waals surface area contributed by atoms with E-state index in [1.165, 1.54) is 24.1 Å². The largest absolute Gasteiger partial charge is 0.495 e. The molecule has 2 aromatic carbocycles. The average molecular weight is 493 g/mol. The molecule has 2 aromatic rings. The van der Waals surface area contributed by atoms with Gasteiger partial charge >= 0.3 is 6.09 Å². The molecule has 1 amide bonds. The number of amides is 1. The van der Waals surface area contributed by atoms with Crippen molar-refractivity contribution in [2.75, 3.05) is 40.0 Å². The molecule has 9 nitrogen and oxygen atoms in total. The second-order valence-electron chi connectivity index (χ2n) is 6.69. The first-order valence-corrected chi connectivity index (χ1v) is 12.1. The van der Waals surface area contributed by atoms with E-state index in [1.54, 1.807) is 19.1 Å². The standard InChI is InChI=1S/C22H30N2O7S.C2H2/c1-4-29-18-8-6-7-9-19(18)31-15-14-24(22(25)30-5-2)13-12-17-10-11-20(28-3)21(16-17)32(23,26)27;1-2/h6-11,16H,4-5,12-15H2,1-3H3,(H2,23,26,27);1-2H. The minimum absolute atomic E-state index is 0.101. The molecular weight excluding hydrogens is 460 g/mol. The SMILES string of the molecule is C#C.CCOC(=O)N(CCOc1ccccc1OCC)CCc1ccc(OC)c(S(N)(=O)=O)c1. The quantitative estimate of drug-likeness (QED) is 0.453. The summed E-state index contributed by atoms with van der Waals surface area (Å²) in [6.45, 7) is 5.17. The van der Waals surface area contributed by atoms with Crippen molar-refractivity contribution >= 4 is 16.1 Å². The fraction of sp³-hybridized carbons (Fsp3) is 0.375. The minimum Gasteiger partial charge on any atom is -0.495 e. The summed E-state index contributed by atoms with van der Waals surface area (Å²) in [4.78, 5) is 13.8. The highest BCUT2D eigenvalue weighted by atomic mass is 32.2. The van der Waals surface area contributed by atoms with Crippen molar-refractivity contribution < 1.29 is 32.2 Å². The number of sulfonamides is 1. The normalized spacial score (nSPS) is 10.4. The van der Waals surface area contributed by atoms with E-state index in [-0.39, 0.29) is 30.4 Å². The molecule has 2 rings (SSSR count). The lowest BCUT2D eigenvalue weighted by Gasteiger charge is -2.22. The summed E-state index contributed by atoms with van der Waals surface area (Å²) in [5.74, 6) is 1.39. The number of carbonyl (C=O) groups excluding carboxylic acids is 1. The maximum Gasteiger partial charge on any atom is 0.409 e. The van der Waals surface area contributed by atoms with Gasteiger partial charge in [0.2, 0.25) is 10.0 Å². The maximum absolute atomic E-state index is 12.4. The molecule has 0 saturated heterocycles. The fourth-order valence-electron chi connectivity index (χ4n) is 2.98. The Morgan fingerprint density at radius 3 is 2.18 bits per heavy atom. The van der Waals surface area contributed by atoms with Crippen LogP contribution in [0.4, 0.5) is 4.79 Å². The Bertz CT molecular complexity index is 1040. The Morgan fingerprint density at radius 2 is 1.62 bits per heavy atom. The molecule has 0 unspecified atom stereocenters. The summed E-state index contributed by atoms with van der Waals surface area (Å²) < 4.78 is 45.2. The molecule has 0 atom stereocenters. The van der Waals surface area contributed by atoms with Gasteiger partial charge in [-0.05, 0) is 50.1 Å². The molecule has 0 spiro atoms. The van der Waals surface area contributed by atoms with E-state index in [0.717, 1.165) is 0 Å². The smallest absolute Gasteiger partial charge is 0.409 e. The van der Waals surface area contributed by atoms with E-state index in [2.05, 4.69) is 12.8 Å². The van der Waals surface area contributed by atoms with Crippen molar-refractivity contribution in [3.63, 3.8) is 0 Å². The zero-order valence-corrected chi connectivity index (χ0v) is 20.5. The number of carbonyl (C=O) groups is 1. The number of rotatable bonds is 12. The van der Waals surface area contributed by atoms with E-state index in [0.29, 0.717) is 36.6 Å². The van der Waals surface area contributed by atoms with E-state index in [9.17, 15) is 13.2 Å². The summed E-state index contributed by atoms with van der Waals surface area (Å²) in [6.07, 6.45) is 7.91. The van der Waals surface area contributed by atoms with Crippen LogP contribution in [-0.2, 0) is 21.2 Å². The van der Waals surface area contributed by atoms with Gasteiger partial charge in [-0.15, -0.1) is 12.8 Å². The van der Waals surface area contributed by atoms with Crippen molar-refractivity contribution in [1.82, 2.24) is 4.90 Å². The van der Waals surface area contributed by atoms with Crippen LogP contribution in [0, 0.1) is 12.8 Å². The first-order valence-electron chi connectivity index (χ1n) is 10.6. The first kappa shape index (κ1) is 28.6. The molecule has 0 radical (unpaired) electrons. The van der Waals surface area contributed by atoms with Gasteiger partial charge in [0.25, 0.3) is 0 Å². The Labute approximate surface area is 201 Å². The average Bonchev–Trinajstić information content (AvgIpc) is 2.83. The number of hydrogen-bond donors (Lipinski definition) is 1. The summed E-state index contributed by atoms with van der Waals surface area (Å²) in [5, 5.41) is 5.28. The van der Waals surface area contributed by atoms with Crippen LogP contribution in [0.15, 0.2) is 47.4 Å². The molecule has 2 N–H and O–H groups in total. The molecule has 0 aromatic heterocycles. The molecule has 0 aliphatic heterocycles. The lowest BCUT2D eigenvalue weighted by atomic mass is 10.1. The van der Waals surface area contributed by atoms with Crippen LogP contribution < -0.4 is 19.3 Å². The van der Waals surface area contributed by atoms with E-state index in [1.807, 2.05) is 25.1 Å². The predicted octanol–water partition coefficient (Wildman–Crippen LogP) is 3.07. The Morgan fingerprint density at radius 1 is 0.971 bits per heavy atom. The number of terminal acetylenes is 1. The number of nitrogens with zero attached hydrogens (tertiary/aromatic N) is 1. The highest BCUT2D eigenvalue weighted by Gasteiger charge is 2.18. The first-order chi connectivity index (χ1) is 16.3. The van der Waals surface area contributed by atoms with Crippen LogP contribution in [0.3, 0.4) is 0 Å². The molecular formula is C24H32N2O7S. The van der Waals surface area contributed by atoms with Crippen molar-refractivity contribution in [3.05, 3.63) is 48.0 Å². The van der Waals surface area contributed by atoms with Gasteiger partial charge in [-0.1, -0.05) is 18.2 Å². The van der Waals surface area contributed by atoms with E-state index in [4.69, 9.17) is 24.1 Å². The lowest BCUT2D eigenvalue weighted by molar-refractivity contribution is 0.101. The number of hydrogen-bond acceptors (Lipinski definition) is 7. The van der Waals surface area contributed by atoms with Gasteiger partial charge in [-0.3, -0.25) is 0 Å². The van der Waals surface area contributed by atoms with E-state index >= 15 is 0 Å². The predicted molar refractivity (Wildman–Crippen MR) is 130 cm³/mol. The highest BCUT2D eigenvalue weighted by molar-refractivity contribution is 7.89.